The Labute approximate surface area is 162 Å². The van der Waals surface area contributed by atoms with Crippen LogP contribution in [0.25, 0.3) is 0 Å². The van der Waals surface area contributed by atoms with Gasteiger partial charge in [0.2, 0.25) is 5.88 Å². The van der Waals surface area contributed by atoms with Crippen molar-refractivity contribution in [1.82, 2.24) is 15.0 Å². The van der Waals surface area contributed by atoms with Gasteiger partial charge in [-0.05, 0) is 12.1 Å². The topological polar surface area (TPSA) is 119 Å². The smallest absolute Gasteiger partial charge is 0.433 e. The van der Waals surface area contributed by atoms with Gasteiger partial charge in [-0.2, -0.15) is 13.2 Å². The molecule has 2 aliphatic rings. The van der Waals surface area contributed by atoms with Gasteiger partial charge in [-0.25, -0.2) is 9.97 Å². The minimum atomic E-state index is -4.62. The van der Waals surface area contributed by atoms with Crippen molar-refractivity contribution in [3.63, 3.8) is 0 Å². The zero-order valence-corrected chi connectivity index (χ0v) is 14.8. The molecule has 2 saturated heterocycles. The molecule has 0 unspecified atom stereocenters. The van der Waals surface area contributed by atoms with E-state index in [1.54, 1.807) is 0 Å². The van der Waals surface area contributed by atoms with Crippen molar-refractivity contribution in [2.75, 3.05) is 18.5 Å². The van der Waals surface area contributed by atoms with Gasteiger partial charge in [-0.15, -0.1) is 0 Å². The van der Waals surface area contributed by atoms with Crippen LogP contribution in [0.1, 0.15) is 5.69 Å². The molecule has 2 bridgehead atoms. The number of nitrogens with one attached hydrogen (secondary N) is 1. The Balaban J connectivity index is 1.48. The van der Waals surface area contributed by atoms with Crippen molar-refractivity contribution in [3.05, 3.63) is 42.5 Å². The van der Waals surface area contributed by atoms with E-state index in [4.69, 9.17) is 14.2 Å². The molecular weight excluding hydrogens is 397 g/mol. The van der Waals surface area contributed by atoms with Crippen LogP contribution >= 0.6 is 0 Å². The Morgan fingerprint density at radius 1 is 1.28 bits per heavy atom. The molecule has 5 atom stereocenters. The molecule has 0 amide bonds. The molecule has 2 aromatic heterocycles. The summed E-state index contributed by atoms with van der Waals surface area (Å²) in [5.41, 5.74) is -2.45. The van der Waals surface area contributed by atoms with E-state index < -0.39 is 42.0 Å². The van der Waals surface area contributed by atoms with Gasteiger partial charge < -0.3 is 29.7 Å². The Bertz CT molecular complexity index is 858. The highest BCUT2D eigenvalue weighted by Crippen LogP contribution is 2.38. The zero-order valence-electron chi connectivity index (χ0n) is 14.8. The number of anilines is 1. The molecule has 2 aliphatic heterocycles. The van der Waals surface area contributed by atoms with Gasteiger partial charge in [-0.1, -0.05) is 6.07 Å². The number of pyridine rings is 1. The third kappa shape index (κ3) is 3.83. The number of halogens is 3. The van der Waals surface area contributed by atoms with Gasteiger partial charge >= 0.3 is 6.18 Å². The van der Waals surface area contributed by atoms with Gasteiger partial charge in [0.1, 0.15) is 36.4 Å². The van der Waals surface area contributed by atoms with E-state index in [2.05, 4.69) is 20.3 Å². The maximum atomic E-state index is 12.9. The summed E-state index contributed by atoms with van der Waals surface area (Å²) in [6.45, 7) is -0.265. The largest absolute Gasteiger partial charge is 0.473 e. The molecule has 3 N–H and O–H groups in total. The first-order chi connectivity index (χ1) is 13.8. The van der Waals surface area contributed by atoms with Crippen molar-refractivity contribution in [2.45, 2.75) is 36.3 Å². The molecule has 0 radical (unpaired) electrons. The van der Waals surface area contributed by atoms with Gasteiger partial charge in [0, 0.05) is 12.4 Å². The second kappa shape index (κ2) is 7.37. The van der Waals surface area contributed by atoms with Crippen LogP contribution in [0.3, 0.4) is 0 Å². The average molecular weight is 414 g/mol. The monoisotopic (exact) mass is 414 g/mol. The lowest BCUT2D eigenvalue weighted by atomic mass is 9.88. The summed E-state index contributed by atoms with van der Waals surface area (Å²) < 4.78 is 55.3. The molecule has 0 saturated carbocycles. The van der Waals surface area contributed by atoms with Crippen molar-refractivity contribution in [2.24, 2.45) is 0 Å². The predicted octanol–water partition coefficient (Wildman–Crippen LogP) is 0.597. The van der Waals surface area contributed by atoms with Gasteiger partial charge in [-0.3, -0.25) is 4.98 Å². The summed E-state index contributed by atoms with van der Waals surface area (Å²) in [5, 5.41) is 23.8. The number of hydrogen-bond acceptors (Lipinski definition) is 9. The number of rotatable bonds is 5. The standard InChI is InChI=1S/C17H17F3N4O5/c18-17(19,20)9-2-1-3-10(23-9)24-12-13(25)14(26)16(8-28-15(12)29-16)7-27-11-6-21-4-5-22-11/h1-6,12-15,25-26H,7-8H2,(H,23,24)/t12-,13-,14-,15+,16+/m1/s1. The number of ether oxygens (including phenoxy) is 3. The summed E-state index contributed by atoms with van der Waals surface area (Å²) in [4.78, 5) is 11.3. The van der Waals surface area contributed by atoms with Crippen LogP contribution in [-0.4, -0.2) is 68.5 Å². The number of alkyl halides is 3. The SMILES string of the molecule is O[C@@H]1[C@@H](Nc2cccc(C(F)(F)F)n2)[C@H]2OC[C@](COc3cnccn3)(O2)[C@@H]1O. The lowest BCUT2D eigenvalue weighted by molar-refractivity contribution is -0.222. The highest BCUT2D eigenvalue weighted by atomic mass is 19.4. The molecule has 4 rings (SSSR count). The van der Waals surface area contributed by atoms with E-state index in [0.29, 0.717) is 0 Å². The fraction of sp³-hybridized carbons (Fsp3) is 0.471. The Morgan fingerprint density at radius 3 is 2.83 bits per heavy atom. The number of nitrogens with zero attached hydrogens (tertiary/aromatic N) is 3. The molecule has 2 fully saturated rings. The highest BCUT2D eigenvalue weighted by molar-refractivity contribution is 5.38. The fourth-order valence-corrected chi connectivity index (χ4v) is 3.24. The number of hydrogen-bond donors (Lipinski definition) is 3. The third-order valence-electron chi connectivity index (χ3n) is 4.72. The fourth-order valence-electron chi connectivity index (χ4n) is 3.24. The molecule has 9 nitrogen and oxygen atoms in total. The van der Waals surface area contributed by atoms with E-state index >= 15 is 0 Å². The van der Waals surface area contributed by atoms with Crippen molar-refractivity contribution < 1.29 is 37.6 Å². The lowest BCUT2D eigenvalue weighted by Gasteiger charge is -2.42. The quantitative estimate of drug-likeness (QED) is 0.646. The van der Waals surface area contributed by atoms with Crippen LogP contribution in [0.2, 0.25) is 0 Å². The molecule has 12 heteroatoms. The Kier molecular flexibility index (Phi) is 5.02. The summed E-state index contributed by atoms with van der Waals surface area (Å²) in [6, 6.07) is 2.27. The van der Waals surface area contributed by atoms with Crippen molar-refractivity contribution in [1.29, 1.82) is 0 Å². The molecule has 156 valence electrons. The Morgan fingerprint density at radius 2 is 2.10 bits per heavy atom. The van der Waals surface area contributed by atoms with Crippen LogP contribution in [0.15, 0.2) is 36.8 Å². The minimum Gasteiger partial charge on any atom is -0.473 e. The molecule has 0 spiro atoms. The molecule has 0 aromatic carbocycles. The molecule has 0 aliphatic carbocycles. The number of aliphatic hydroxyl groups excluding tert-OH is 2. The van der Waals surface area contributed by atoms with E-state index in [1.807, 2.05) is 0 Å². The van der Waals surface area contributed by atoms with Gasteiger partial charge in [0.05, 0.1) is 12.8 Å². The van der Waals surface area contributed by atoms with Gasteiger partial charge in [0.25, 0.3) is 0 Å². The number of aliphatic hydroxyl groups is 2. The zero-order chi connectivity index (χ0) is 20.6. The van der Waals surface area contributed by atoms with Crippen LogP contribution in [0.4, 0.5) is 19.0 Å². The molecule has 2 aromatic rings. The predicted molar refractivity (Wildman–Crippen MR) is 89.7 cm³/mol. The van der Waals surface area contributed by atoms with Gasteiger partial charge in [0.15, 0.2) is 11.9 Å². The summed E-state index contributed by atoms with van der Waals surface area (Å²) in [6.07, 6.45) is -4.24. The van der Waals surface area contributed by atoms with E-state index in [-0.39, 0.29) is 24.9 Å². The average Bonchev–Trinajstić information content (AvgIpc) is 3.11. The van der Waals surface area contributed by atoms with Crippen molar-refractivity contribution >= 4 is 5.82 Å². The van der Waals surface area contributed by atoms with Crippen LogP contribution < -0.4 is 10.1 Å². The summed E-state index contributed by atoms with van der Waals surface area (Å²) in [5.74, 6) is 0.0579. The van der Waals surface area contributed by atoms with Crippen molar-refractivity contribution in [3.8, 4) is 5.88 Å². The summed E-state index contributed by atoms with van der Waals surface area (Å²) >= 11 is 0. The third-order valence-corrected chi connectivity index (χ3v) is 4.72. The maximum Gasteiger partial charge on any atom is 0.433 e. The number of fused-ring (bicyclic) bond motifs is 2. The van der Waals surface area contributed by atoms with E-state index in [1.165, 1.54) is 30.7 Å². The molecule has 4 heterocycles. The maximum absolute atomic E-state index is 12.9. The van der Waals surface area contributed by atoms with Crippen LogP contribution in [0, 0.1) is 0 Å². The number of aromatic nitrogens is 3. The van der Waals surface area contributed by atoms with E-state index in [0.717, 1.165) is 6.07 Å². The second-order valence-electron chi connectivity index (χ2n) is 6.71. The first-order valence-electron chi connectivity index (χ1n) is 8.64. The Hall–Kier alpha value is -2.54. The first kappa shape index (κ1) is 19.8. The first-order valence-corrected chi connectivity index (χ1v) is 8.64. The van der Waals surface area contributed by atoms with E-state index in [9.17, 15) is 23.4 Å². The minimum absolute atomic E-state index is 0.0929. The van der Waals surface area contributed by atoms with Crippen LogP contribution in [0.5, 0.6) is 5.88 Å². The molecular formula is C17H17F3N4O5. The summed E-state index contributed by atoms with van der Waals surface area (Å²) in [7, 11) is 0. The highest BCUT2D eigenvalue weighted by Gasteiger charge is 2.60. The van der Waals surface area contributed by atoms with Crippen LogP contribution in [-0.2, 0) is 15.7 Å². The lowest BCUT2D eigenvalue weighted by Crippen LogP contribution is -2.64. The second-order valence-corrected chi connectivity index (χ2v) is 6.71. The molecule has 29 heavy (non-hydrogen) atoms. The normalized spacial score (nSPS) is 31.5.